The lowest BCUT2D eigenvalue weighted by Gasteiger charge is -2.26. The Kier molecular flexibility index (Phi) is 7.01. The Balaban J connectivity index is 1.94. The quantitative estimate of drug-likeness (QED) is 0.617. The number of hydrogen-bond donors (Lipinski definition) is 0. The second-order valence-electron chi connectivity index (χ2n) is 5.32. The molecule has 0 radical (unpaired) electrons. The van der Waals surface area contributed by atoms with E-state index in [0.29, 0.717) is 0 Å². The summed E-state index contributed by atoms with van der Waals surface area (Å²) in [6.07, 6.45) is 4.08. The summed E-state index contributed by atoms with van der Waals surface area (Å²) in [5.74, 6) is 0.833. The van der Waals surface area contributed by atoms with Crippen molar-refractivity contribution >= 4 is 0 Å². The van der Waals surface area contributed by atoms with Crippen molar-refractivity contribution in [2.75, 3.05) is 53.5 Å². The van der Waals surface area contributed by atoms with Crippen molar-refractivity contribution < 1.29 is 4.74 Å². The van der Waals surface area contributed by atoms with Gasteiger partial charge < -0.3 is 9.64 Å². The van der Waals surface area contributed by atoms with Crippen LogP contribution in [0.25, 0.3) is 0 Å². The first kappa shape index (κ1) is 13.9. The minimum Gasteiger partial charge on any atom is -0.379 e. The van der Waals surface area contributed by atoms with Gasteiger partial charge in [0.25, 0.3) is 0 Å². The Morgan fingerprint density at radius 1 is 1.19 bits per heavy atom. The van der Waals surface area contributed by atoms with Crippen LogP contribution in [0.4, 0.5) is 0 Å². The molecule has 0 aromatic heterocycles. The first-order valence-corrected chi connectivity index (χ1v) is 6.63. The first-order valence-electron chi connectivity index (χ1n) is 6.63. The van der Waals surface area contributed by atoms with Crippen LogP contribution in [0.2, 0.25) is 0 Å². The van der Waals surface area contributed by atoms with Crippen LogP contribution in [-0.4, -0.2) is 63.3 Å². The zero-order valence-electron chi connectivity index (χ0n) is 11.2. The van der Waals surface area contributed by atoms with Crippen molar-refractivity contribution in [3.63, 3.8) is 0 Å². The largest absolute Gasteiger partial charge is 0.379 e. The van der Waals surface area contributed by atoms with E-state index >= 15 is 0 Å². The third-order valence-corrected chi connectivity index (χ3v) is 3.20. The maximum Gasteiger partial charge on any atom is 0.0594 e. The molecule has 0 spiro atoms. The molecule has 1 aliphatic heterocycles. The lowest BCUT2D eigenvalue weighted by Crippen LogP contribution is -2.36. The molecule has 3 heteroatoms. The maximum absolute atomic E-state index is 5.34. The highest BCUT2D eigenvalue weighted by Gasteiger charge is 2.09. The molecule has 0 amide bonds. The molecule has 16 heavy (non-hydrogen) atoms. The van der Waals surface area contributed by atoms with Gasteiger partial charge in [-0.3, -0.25) is 4.90 Å². The molecule has 3 nitrogen and oxygen atoms in total. The molecule has 1 heterocycles. The second kappa shape index (κ2) is 8.04. The molecular formula is C13H28N2O. The topological polar surface area (TPSA) is 15.7 Å². The molecule has 1 unspecified atom stereocenters. The smallest absolute Gasteiger partial charge is 0.0594 e. The van der Waals surface area contributed by atoms with Gasteiger partial charge in [0.2, 0.25) is 0 Å². The molecule has 0 aliphatic carbocycles. The van der Waals surface area contributed by atoms with E-state index in [0.717, 1.165) is 32.2 Å². The average molecular weight is 228 g/mol. The summed E-state index contributed by atoms with van der Waals surface area (Å²) in [5, 5.41) is 0. The monoisotopic (exact) mass is 228 g/mol. The predicted molar refractivity (Wildman–Crippen MR) is 68.8 cm³/mol. The molecule has 1 atom stereocenters. The van der Waals surface area contributed by atoms with E-state index in [4.69, 9.17) is 4.74 Å². The minimum atomic E-state index is 0.833. The number of hydrogen-bond acceptors (Lipinski definition) is 3. The van der Waals surface area contributed by atoms with Gasteiger partial charge in [-0.2, -0.15) is 0 Å². The molecule has 0 N–H and O–H groups in total. The van der Waals surface area contributed by atoms with Gasteiger partial charge in [0.05, 0.1) is 13.2 Å². The highest BCUT2D eigenvalue weighted by Crippen LogP contribution is 2.09. The number of morpholine rings is 1. The van der Waals surface area contributed by atoms with Crippen molar-refractivity contribution in [1.82, 2.24) is 9.80 Å². The molecule has 1 saturated heterocycles. The van der Waals surface area contributed by atoms with E-state index in [-0.39, 0.29) is 0 Å². The fourth-order valence-electron chi connectivity index (χ4n) is 2.37. The maximum atomic E-state index is 5.34. The molecular weight excluding hydrogens is 200 g/mol. The van der Waals surface area contributed by atoms with Crippen LogP contribution in [0.3, 0.4) is 0 Å². The zero-order chi connectivity index (χ0) is 11.8. The Labute approximate surface area is 101 Å². The van der Waals surface area contributed by atoms with Crippen LogP contribution >= 0.6 is 0 Å². The van der Waals surface area contributed by atoms with Crippen LogP contribution < -0.4 is 0 Å². The predicted octanol–water partition coefficient (Wildman–Crippen LogP) is 1.69. The highest BCUT2D eigenvalue weighted by atomic mass is 16.5. The van der Waals surface area contributed by atoms with Crippen molar-refractivity contribution in [2.45, 2.75) is 26.2 Å². The molecule has 0 aromatic carbocycles. The molecule has 1 rings (SSSR count). The molecule has 96 valence electrons. The van der Waals surface area contributed by atoms with Gasteiger partial charge in [-0.1, -0.05) is 13.3 Å². The Morgan fingerprint density at radius 3 is 2.50 bits per heavy atom. The highest BCUT2D eigenvalue weighted by molar-refractivity contribution is 4.63. The minimum absolute atomic E-state index is 0.833. The molecule has 1 fully saturated rings. The summed E-state index contributed by atoms with van der Waals surface area (Å²) in [7, 11) is 4.31. The lowest BCUT2D eigenvalue weighted by molar-refractivity contribution is 0.0370. The Morgan fingerprint density at radius 2 is 1.88 bits per heavy atom. The van der Waals surface area contributed by atoms with E-state index in [1.807, 2.05) is 0 Å². The summed E-state index contributed by atoms with van der Waals surface area (Å²) < 4.78 is 5.34. The number of unbranched alkanes of at least 4 members (excludes halogenated alkanes) is 1. The lowest BCUT2D eigenvalue weighted by atomic mass is 10.0. The van der Waals surface area contributed by atoms with Crippen molar-refractivity contribution in [3.8, 4) is 0 Å². The molecule has 0 bridgehead atoms. The molecule has 0 saturated carbocycles. The van der Waals surface area contributed by atoms with Gasteiger partial charge in [0, 0.05) is 19.6 Å². The fraction of sp³-hybridized carbons (Fsp3) is 1.00. The molecule has 1 aliphatic rings. The van der Waals surface area contributed by atoms with Crippen LogP contribution in [0.15, 0.2) is 0 Å². The van der Waals surface area contributed by atoms with Crippen LogP contribution in [0.5, 0.6) is 0 Å². The van der Waals surface area contributed by atoms with Gasteiger partial charge in [-0.15, -0.1) is 0 Å². The zero-order valence-corrected chi connectivity index (χ0v) is 11.2. The summed E-state index contributed by atoms with van der Waals surface area (Å²) in [6, 6.07) is 0. The van der Waals surface area contributed by atoms with Crippen LogP contribution in [-0.2, 0) is 4.74 Å². The third kappa shape index (κ3) is 6.46. The SMILES string of the molecule is CC(CCCCN1CCOCC1)CN(C)C. The van der Waals surface area contributed by atoms with E-state index in [2.05, 4.69) is 30.8 Å². The van der Waals surface area contributed by atoms with E-state index in [9.17, 15) is 0 Å². The number of nitrogens with zero attached hydrogens (tertiary/aromatic N) is 2. The van der Waals surface area contributed by atoms with Crippen molar-refractivity contribution in [2.24, 2.45) is 5.92 Å². The van der Waals surface area contributed by atoms with Gasteiger partial charge in [0.1, 0.15) is 0 Å². The Hall–Kier alpha value is -0.120. The number of rotatable bonds is 7. The average Bonchev–Trinajstić information content (AvgIpc) is 2.25. The standard InChI is InChI=1S/C13H28N2O/c1-13(12-14(2)3)6-4-5-7-15-8-10-16-11-9-15/h13H,4-12H2,1-3H3. The van der Waals surface area contributed by atoms with Crippen molar-refractivity contribution in [3.05, 3.63) is 0 Å². The van der Waals surface area contributed by atoms with Crippen LogP contribution in [0, 0.1) is 5.92 Å². The van der Waals surface area contributed by atoms with Gasteiger partial charge in [-0.05, 0) is 39.4 Å². The third-order valence-electron chi connectivity index (χ3n) is 3.20. The number of ether oxygens (including phenoxy) is 1. The summed E-state index contributed by atoms with van der Waals surface area (Å²) in [6.45, 7) is 8.96. The van der Waals surface area contributed by atoms with Crippen LogP contribution in [0.1, 0.15) is 26.2 Å². The summed E-state index contributed by atoms with van der Waals surface area (Å²) in [4.78, 5) is 4.81. The van der Waals surface area contributed by atoms with E-state index < -0.39 is 0 Å². The van der Waals surface area contributed by atoms with Gasteiger partial charge in [-0.25, -0.2) is 0 Å². The van der Waals surface area contributed by atoms with Gasteiger partial charge >= 0.3 is 0 Å². The fourth-order valence-corrected chi connectivity index (χ4v) is 2.37. The summed E-state index contributed by atoms with van der Waals surface area (Å²) >= 11 is 0. The Bertz CT molecular complexity index is 167. The normalized spacial score (nSPS) is 20.2. The molecule has 0 aromatic rings. The van der Waals surface area contributed by atoms with Gasteiger partial charge in [0.15, 0.2) is 0 Å². The van der Waals surface area contributed by atoms with Crippen molar-refractivity contribution in [1.29, 1.82) is 0 Å². The second-order valence-corrected chi connectivity index (χ2v) is 5.32. The summed E-state index contributed by atoms with van der Waals surface area (Å²) in [5.41, 5.74) is 0. The van der Waals surface area contributed by atoms with E-state index in [1.165, 1.54) is 32.4 Å². The van der Waals surface area contributed by atoms with E-state index in [1.54, 1.807) is 0 Å². The first-order chi connectivity index (χ1) is 7.68.